The summed E-state index contributed by atoms with van der Waals surface area (Å²) in [4.78, 5) is 4.03. The van der Waals surface area contributed by atoms with Gasteiger partial charge >= 0.3 is 0 Å². The smallest absolute Gasteiger partial charge is 0.132 e. The van der Waals surface area contributed by atoms with Gasteiger partial charge in [0.1, 0.15) is 5.67 Å². The number of alkyl halides is 1. The van der Waals surface area contributed by atoms with E-state index in [2.05, 4.69) is 20.9 Å². The first-order valence-corrected chi connectivity index (χ1v) is 6.06. The third kappa shape index (κ3) is 3.01. The topological polar surface area (TPSA) is 38.9 Å². The molecule has 1 atom stereocenters. The normalized spacial score (nSPS) is 15.9. The maximum atomic E-state index is 14.7. The number of hydrogen-bond donors (Lipinski definition) is 1. The monoisotopic (exact) mass is 288 g/mol. The van der Waals surface area contributed by atoms with Gasteiger partial charge in [0.15, 0.2) is 0 Å². The largest absolute Gasteiger partial charge is 0.327 e. The van der Waals surface area contributed by atoms with Crippen molar-refractivity contribution >= 4 is 15.9 Å². The van der Waals surface area contributed by atoms with Gasteiger partial charge in [0.2, 0.25) is 0 Å². The molecule has 1 rings (SSSR count). The zero-order valence-corrected chi connectivity index (χ0v) is 11.5. The van der Waals surface area contributed by atoms with Crippen LogP contribution in [0.2, 0.25) is 0 Å². The van der Waals surface area contributed by atoms with Crippen LogP contribution in [0.15, 0.2) is 22.9 Å². The van der Waals surface area contributed by atoms with E-state index >= 15 is 0 Å². The second-order valence-electron chi connectivity index (χ2n) is 5.11. The summed E-state index contributed by atoms with van der Waals surface area (Å²) in [5.74, 6) is 0. The van der Waals surface area contributed by atoms with Crippen molar-refractivity contribution in [3.63, 3.8) is 0 Å². The number of hydrogen-bond acceptors (Lipinski definition) is 2. The average molecular weight is 289 g/mol. The highest BCUT2D eigenvalue weighted by molar-refractivity contribution is 9.10. The summed E-state index contributed by atoms with van der Waals surface area (Å²) in [6.07, 6.45) is 3.66. The van der Waals surface area contributed by atoms with Crippen LogP contribution in [0.3, 0.4) is 0 Å². The van der Waals surface area contributed by atoms with Gasteiger partial charge in [-0.05, 0) is 33.0 Å². The molecule has 90 valence electrons. The van der Waals surface area contributed by atoms with Crippen LogP contribution >= 0.6 is 15.9 Å². The molecule has 1 unspecified atom stereocenters. The molecule has 0 fully saturated rings. The van der Waals surface area contributed by atoms with Gasteiger partial charge in [-0.2, -0.15) is 0 Å². The Balaban J connectivity index is 2.94. The third-order valence-corrected chi connectivity index (χ3v) is 3.35. The Labute approximate surface area is 105 Å². The SMILES string of the molecule is CC(C)(C)C(F)(CN)Cc1cncc(Br)c1. The van der Waals surface area contributed by atoms with E-state index in [1.807, 2.05) is 26.8 Å². The Morgan fingerprint density at radius 1 is 1.38 bits per heavy atom. The molecule has 0 aliphatic carbocycles. The molecule has 0 amide bonds. The molecule has 0 saturated carbocycles. The fraction of sp³-hybridized carbons (Fsp3) is 0.583. The lowest BCUT2D eigenvalue weighted by atomic mass is 9.74. The lowest BCUT2D eigenvalue weighted by Gasteiger charge is -2.37. The summed E-state index contributed by atoms with van der Waals surface area (Å²) >= 11 is 3.33. The van der Waals surface area contributed by atoms with Crippen molar-refractivity contribution in [2.75, 3.05) is 6.54 Å². The summed E-state index contributed by atoms with van der Waals surface area (Å²) in [6, 6.07) is 1.88. The molecule has 1 heterocycles. The van der Waals surface area contributed by atoms with E-state index in [1.165, 1.54) is 0 Å². The molecule has 2 N–H and O–H groups in total. The number of pyridine rings is 1. The molecule has 4 heteroatoms. The minimum Gasteiger partial charge on any atom is -0.327 e. The van der Waals surface area contributed by atoms with E-state index < -0.39 is 11.1 Å². The van der Waals surface area contributed by atoms with Gasteiger partial charge in [-0.25, -0.2) is 4.39 Å². The molecule has 1 aromatic heterocycles. The molecule has 0 radical (unpaired) electrons. The molecule has 0 aliphatic heterocycles. The zero-order valence-electron chi connectivity index (χ0n) is 9.93. The zero-order chi connectivity index (χ0) is 12.4. The standard InChI is InChI=1S/C12H18BrFN2/c1-11(2,3)12(14,8-15)5-9-4-10(13)7-16-6-9/h4,6-7H,5,8,15H2,1-3H3. The van der Waals surface area contributed by atoms with Crippen molar-refractivity contribution < 1.29 is 4.39 Å². The van der Waals surface area contributed by atoms with E-state index in [0.29, 0.717) is 6.42 Å². The first-order valence-electron chi connectivity index (χ1n) is 5.27. The molecule has 0 aromatic carbocycles. The first kappa shape index (κ1) is 13.6. The minimum absolute atomic E-state index is 0.0169. The van der Waals surface area contributed by atoms with Crippen LogP contribution in [0.5, 0.6) is 0 Å². The van der Waals surface area contributed by atoms with Crippen molar-refractivity contribution in [2.24, 2.45) is 11.1 Å². The molecule has 0 saturated heterocycles. The number of aromatic nitrogens is 1. The molecule has 0 spiro atoms. The highest BCUT2D eigenvalue weighted by Crippen LogP contribution is 2.36. The van der Waals surface area contributed by atoms with Gasteiger partial charge in [-0.3, -0.25) is 4.98 Å². The van der Waals surface area contributed by atoms with Crippen LogP contribution in [-0.4, -0.2) is 17.2 Å². The first-order chi connectivity index (χ1) is 7.28. The van der Waals surface area contributed by atoms with Crippen LogP contribution < -0.4 is 5.73 Å². The second-order valence-corrected chi connectivity index (χ2v) is 6.02. The highest BCUT2D eigenvalue weighted by atomic mass is 79.9. The fourth-order valence-electron chi connectivity index (χ4n) is 1.52. The summed E-state index contributed by atoms with van der Waals surface area (Å²) in [6.45, 7) is 5.62. The Bertz CT molecular complexity index is 362. The highest BCUT2D eigenvalue weighted by Gasteiger charge is 2.41. The number of nitrogens with zero attached hydrogens (tertiary/aromatic N) is 1. The lowest BCUT2D eigenvalue weighted by Crippen LogP contribution is -2.47. The Hall–Kier alpha value is -0.480. The van der Waals surface area contributed by atoms with Crippen LogP contribution in [0.25, 0.3) is 0 Å². The number of halogens is 2. The van der Waals surface area contributed by atoms with Gasteiger partial charge < -0.3 is 5.73 Å². The third-order valence-electron chi connectivity index (χ3n) is 2.91. The van der Waals surface area contributed by atoms with Gasteiger partial charge in [-0.15, -0.1) is 0 Å². The summed E-state index contributed by atoms with van der Waals surface area (Å²) < 4.78 is 15.5. The molecular weight excluding hydrogens is 271 g/mol. The number of rotatable bonds is 3. The average Bonchev–Trinajstić information content (AvgIpc) is 2.15. The van der Waals surface area contributed by atoms with Crippen molar-refractivity contribution in [1.82, 2.24) is 4.98 Å². The second kappa shape index (κ2) is 4.80. The van der Waals surface area contributed by atoms with E-state index in [-0.39, 0.29) is 6.54 Å². The van der Waals surface area contributed by atoms with Gasteiger partial charge in [0.05, 0.1) is 0 Å². The predicted octanol–water partition coefficient (Wildman–Crippen LogP) is 3.10. The number of nitrogens with two attached hydrogens (primary N) is 1. The van der Waals surface area contributed by atoms with Gasteiger partial charge in [-0.1, -0.05) is 20.8 Å². The van der Waals surface area contributed by atoms with E-state index in [0.717, 1.165) is 10.0 Å². The predicted molar refractivity (Wildman–Crippen MR) is 68.0 cm³/mol. The van der Waals surface area contributed by atoms with Crippen LogP contribution in [0.1, 0.15) is 26.3 Å². The molecule has 0 bridgehead atoms. The van der Waals surface area contributed by atoms with E-state index in [4.69, 9.17) is 5.73 Å². The van der Waals surface area contributed by atoms with E-state index in [1.54, 1.807) is 12.4 Å². The summed E-state index contributed by atoms with van der Waals surface area (Å²) in [5, 5.41) is 0. The summed E-state index contributed by atoms with van der Waals surface area (Å²) in [7, 11) is 0. The Morgan fingerprint density at radius 2 is 2.00 bits per heavy atom. The van der Waals surface area contributed by atoms with Gasteiger partial charge in [0, 0.05) is 29.8 Å². The summed E-state index contributed by atoms with van der Waals surface area (Å²) in [5.41, 5.74) is 4.54. The van der Waals surface area contributed by atoms with Crippen molar-refractivity contribution in [3.05, 3.63) is 28.5 Å². The lowest BCUT2D eigenvalue weighted by molar-refractivity contribution is 0.0381. The van der Waals surface area contributed by atoms with Crippen molar-refractivity contribution in [2.45, 2.75) is 32.9 Å². The Kier molecular flexibility index (Phi) is 4.07. The Morgan fingerprint density at radius 3 is 2.44 bits per heavy atom. The van der Waals surface area contributed by atoms with Crippen LogP contribution in [-0.2, 0) is 6.42 Å². The molecule has 2 nitrogen and oxygen atoms in total. The molecular formula is C12H18BrFN2. The maximum Gasteiger partial charge on any atom is 0.132 e. The van der Waals surface area contributed by atoms with Crippen LogP contribution in [0.4, 0.5) is 4.39 Å². The minimum atomic E-state index is -1.41. The molecule has 0 aliphatic rings. The van der Waals surface area contributed by atoms with Crippen LogP contribution in [0, 0.1) is 5.41 Å². The van der Waals surface area contributed by atoms with Gasteiger partial charge in [0.25, 0.3) is 0 Å². The fourth-order valence-corrected chi connectivity index (χ4v) is 1.93. The van der Waals surface area contributed by atoms with E-state index in [9.17, 15) is 4.39 Å². The molecule has 16 heavy (non-hydrogen) atoms. The maximum absolute atomic E-state index is 14.7. The molecule has 1 aromatic rings. The van der Waals surface area contributed by atoms with Crippen molar-refractivity contribution in [3.8, 4) is 0 Å². The van der Waals surface area contributed by atoms with Crippen molar-refractivity contribution in [1.29, 1.82) is 0 Å². The quantitative estimate of drug-likeness (QED) is 0.928.